The molecule has 3 aromatic rings. The van der Waals surface area contributed by atoms with Crippen molar-refractivity contribution < 1.29 is 13.2 Å². The number of anilines is 2. The molecule has 0 fully saturated rings. The second kappa shape index (κ2) is 7.95. The number of benzene rings is 3. The van der Waals surface area contributed by atoms with E-state index in [1.54, 1.807) is 36.4 Å². The molecule has 0 bridgehead atoms. The molecule has 4 rings (SSSR count). The Hall–Kier alpha value is -3.12. The summed E-state index contributed by atoms with van der Waals surface area (Å²) in [6.07, 6.45) is 1.88. The molecular formula is C24H24N2O3S. The van der Waals surface area contributed by atoms with Crippen molar-refractivity contribution in [3.05, 3.63) is 89.5 Å². The zero-order chi connectivity index (χ0) is 21.3. The molecule has 0 radical (unpaired) electrons. The third-order valence-electron chi connectivity index (χ3n) is 5.54. The van der Waals surface area contributed by atoms with Gasteiger partial charge in [0.15, 0.2) is 0 Å². The van der Waals surface area contributed by atoms with Crippen LogP contribution in [0.4, 0.5) is 11.4 Å². The average molecular weight is 421 g/mol. The zero-order valence-electron chi connectivity index (χ0n) is 17.1. The van der Waals surface area contributed by atoms with Crippen molar-refractivity contribution in [2.75, 3.05) is 22.8 Å². The lowest BCUT2D eigenvalue weighted by Crippen LogP contribution is -2.36. The van der Waals surface area contributed by atoms with Gasteiger partial charge < -0.3 is 4.90 Å². The van der Waals surface area contributed by atoms with E-state index in [1.807, 2.05) is 30.0 Å². The Kier molecular flexibility index (Phi) is 5.35. The number of nitrogens with zero attached hydrogens (tertiary/aromatic N) is 2. The summed E-state index contributed by atoms with van der Waals surface area (Å²) in [5, 5.41) is 0. The van der Waals surface area contributed by atoms with Crippen LogP contribution in [0.3, 0.4) is 0 Å². The first-order valence-corrected chi connectivity index (χ1v) is 11.4. The summed E-state index contributed by atoms with van der Waals surface area (Å²) in [5.74, 6) is -0.106. The molecule has 0 spiro atoms. The fourth-order valence-electron chi connectivity index (χ4n) is 3.91. The van der Waals surface area contributed by atoms with Crippen molar-refractivity contribution in [2.24, 2.45) is 0 Å². The van der Waals surface area contributed by atoms with Crippen LogP contribution in [0.2, 0.25) is 0 Å². The Balaban J connectivity index is 1.61. The zero-order valence-corrected chi connectivity index (χ0v) is 17.9. The SMILES string of the molecule is Cc1cccc2c1N(C(=O)c1ccc(S(=O)(=O)N(C)c3ccccc3)cc1)CCC2. The molecule has 0 atom stereocenters. The van der Waals surface area contributed by atoms with Gasteiger partial charge in [0.25, 0.3) is 15.9 Å². The molecule has 3 aromatic carbocycles. The maximum Gasteiger partial charge on any atom is 0.264 e. The van der Waals surface area contributed by atoms with Crippen molar-refractivity contribution in [1.82, 2.24) is 0 Å². The number of rotatable bonds is 4. The van der Waals surface area contributed by atoms with Crippen LogP contribution in [0.5, 0.6) is 0 Å². The van der Waals surface area contributed by atoms with Gasteiger partial charge in [0.1, 0.15) is 0 Å². The van der Waals surface area contributed by atoms with E-state index in [9.17, 15) is 13.2 Å². The second-order valence-electron chi connectivity index (χ2n) is 7.48. The van der Waals surface area contributed by atoms with Gasteiger partial charge in [-0.1, -0.05) is 36.4 Å². The number of carbonyl (C=O) groups is 1. The molecule has 0 saturated carbocycles. The molecule has 6 heteroatoms. The Morgan fingerprint density at radius 3 is 2.33 bits per heavy atom. The van der Waals surface area contributed by atoms with Crippen molar-refractivity contribution in [3.8, 4) is 0 Å². The van der Waals surface area contributed by atoms with Crippen LogP contribution in [0, 0.1) is 6.92 Å². The smallest absolute Gasteiger partial charge is 0.264 e. The lowest BCUT2D eigenvalue weighted by molar-refractivity contribution is 0.0985. The minimum Gasteiger partial charge on any atom is -0.308 e. The molecule has 1 heterocycles. The lowest BCUT2D eigenvalue weighted by Gasteiger charge is -2.31. The van der Waals surface area contributed by atoms with Gasteiger partial charge in [0, 0.05) is 19.2 Å². The van der Waals surface area contributed by atoms with E-state index in [0.29, 0.717) is 17.8 Å². The lowest BCUT2D eigenvalue weighted by atomic mass is 9.97. The van der Waals surface area contributed by atoms with Gasteiger partial charge in [-0.3, -0.25) is 9.10 Å². The van der Waals surface area contributed by atoms with Crippen LogP contribution >= 0.6 is 0 Å². The van der Waals surface area contributed by atoms with E-state index in [-0.39, 0.29) is 10.8 Å². The van der Waals surface area contributed by atoms with Crippen LogP contribution in [0.15, 0.2) is 77.7 Å². The fourth-order valence-corrected chi connectivity index (χ4v) is 5.11. The Morgan fingerprint density at radius 1 is 0.933 bits per heavy atom. The molecule has 0 unspecified atom stereocenters. The summed E-state index contributed by atoms with van der Waals surface area (Å²) in [5.41, 5.74) is 4.29. The predicted octanol–water partition coefficient (Wildman–Crippen LogP) is 4.41. The Morgan fingerprint density at radius 2 is 1.63 bits per heavy atom. The molecule has 0 aliphatic carbocycles. The minimum atomic E-state index is -3.71. The first-order chi connectivity index (χ1) is 14.4. The first kappa shape index (κ1) is 20.2. The number of sulfonamides is 1. The Bertz CT molecular complexity index is 1170. The quantitative estimate of drug-likeness (QED) is 0.628. The molecule has 0 aromatic heterocycles. The summed E-state index contributed by atoms with van der Waals surface area (Å²) >= 11 is 0. The molecule has 5 nitrogen and oxygen atoms in total. The maximum absolute atomic E-state index is 13.2. The van der Waals surface area contributed by atoms with Crippen molar-refractivity contribution in [2.45, 2.75) is 24.7 Å². The van der Waals surface area contributed by atoms with Gasteiger partial charge in [0.05, 0.1) is 16.3 Å². The number of hydrogen-bond donors (Lipinski definition) is 0. The molecular weight excluding hydrogens is 396 g/mol. The number of amides is 1. The summed E-state index contributed by atoms with van der Waals surface area (Å²) in [6.45, 7) is 2.67. The molecule has 0 N–H and O–H groups in total. The number of hydrogen-bond acceptors (Lipinski definition) is 3. The van der Waals surface area contributed by atoms with Crippen LogP contribution in [-0.4, -0.2) is 27.9 Å². The van der Waals surface area contributed by atoms with E-state index < -0.39 is 10.0 Å². The molecule has 0 saturated heterocycles. The maximum atomic E-state index is 13.2. The second-order valence-corrected chi connectivity index (χ2v) is 9.44. The van der Waals surface area contributed by atoms with Gasteiger partial charge in [-0.05, 0) is 67.3 Å². The average Bonchev–Trinajstić information content (AvgIpc) is 2.78. The third-order valence-corrected chi connectivity index (χ3v) is 7.34. The first-order valence-electron chi connectivity index (χ1n) is 9.94. The normalized spacial score (nSPS) is 13.6. The van der Waals surface area contributed by atoms with Gasteiger partial charge in [-0.25, -0.2) is 8.42 Å². The van der Waals surface area contributed by atoms with Crippen LogP contribution in [0.25, 0.3) is 0 Å². The highest BCUT2D eigenvalue weighted by atomic mass is 32.2. The largest absolute Gasteiger partial charge is 0.308 e. The van der Waals surface area contributed by atoms with Crippen LogP contribution in [-0.2, 0) is 16.4 Å². The molecule has 30 heavy (non-hydrogen) atoms. The highest BCUT2D eigenvalue weighted by molar-refractivity contribution is 7.92. The van der Waals surface area contributed by atoms with E-state index in [0.717, 1.165) is 24.1 Å². The van der Waals surface area contributed by atoms with Gasteiger partial charge in [-0.2, -0.15) is 0 Å². The van der Waals surface area contributed by atoms with E-state index >= 15 is 0 Å². The monoisotopic (exact) mass is 420 g/mol. The number of fused-ring (bicyclic) bond motifs is 1. The van der Waals surface area contributed by atoms with Crippen molar-refractivity contribution >= 4 is 27.3 Å². The summed E-state index contributed by atoms with van der Waals surface area (Å²) < 4.78 is 27.2. The van der Waals surface area contributed by atoms with Crippen molar-refractivity contribution in [3.63, 3.8) is 0 Å². The molecule has 1 aliphatic rings. The molecule has 1 amide bonds. The Labute approximate surface area is 177 Å². The predicted molar refractivity (Wildman–Crippen MR) is 120 cm³/mol. The summed E-state index contributed by atoms with van der Waals surface area (Å²) in [6, 6.07) is 21.2. The highest BCUT2D eigenvalue weighted by Gasteiger charge is 2.26. The standard InChI is InChI=1S/C24H24N2O3S/c1-18-8-6-9-19-10-7-17-26(23(18)19)24(27)20-13-15-22(16-14-20)30(28,29)25(2)21-11-4-3-5-12-21/h3-6,8-9,11-16H,7,10,17H2,1-2H3. The summed E-state index contributed by atoms with van der Waals surface area (Å²) in [7, 11) is -2.18. The van der Waals surface area contributed by atoms with Gasteiger partial charge in [0.2, 0.25) is 0 Å². The third kappa shape index (κ3) is 3.59. The summed E-state index contributed by atoms with van der Waals surface area (Å²) in [4.78, 5) is 15.2. The van der Waals surface area contributed by atoms with E-state index in [4.69, 9.17) is 0 Å². The number of aryl methyl sites for hydroxylation is 2. The molecule has 1 aliphatic heterocycles. The van der Waals surface area contributed by atoms with E-state index in [1.165, 1.54) is 29.0 Å². The van der Waals surface area contributed by atoms with Crippen LogP contribution in [0.1, 0.15) is 27.9 Å². The van der Waals surface area contributed by atoms with Crippen LogP contribution < -0.4 is 9.21 Å². The topological polar surface area (TPSA) is 57.7 Å². The van der Waals surface area contributed by atoms with Gasteiger partial charge >= 0.3 is 0 Å². The van der Waals surface area contributed by atoms with Gasteiger partial charge in [-0.15, -0.1) is 0 Å². The number of para-hydroxylation sites is 2. The minimum absolute atomic E-state index is 0.106. The number of carbonyl (C=O) groups excluding carboxylic acids is 1. The molecule has 154 valence electrons. The fraction of sp³-hybridized carbons (Fsp3) is 0.208. The van der Waals surface area contributed by atoms with Crippen molar-refractivity contribution in [1.29, 1.82) is 0 Å². The van der Waals surface area contributed by atoms with E-state index in [2.05, 4.69) is 6.07 Å². The highest BCUT2D eigenvalue weighted by Crippen LogP contribution is 2.32.